The maximum atomic E-state index is 12.5. The van der Waals surface area contributed by atoms with Crippen molar-refractivity contribution in [2.24, 2.45) is 0 Å². The lowest BCUT2D eigenvalue weighted by molar-refractivity contribution is -0.135. The topological polar surface area (TPSA) is 88.2 Å². The fraction of sp³-hybridized carbons (Fsp3) is 0.500. The van der Waals surface area contributed by atoms with Gasteiger partial charge < -0.3 is 19.7 Å². The molecule has 0 aliphatic carbocycles. The van der Waals surface area contributed by atoms with Crippen LogP contribution in [0, 0.1) is 0 Å². The fourth-order valence-corrected chi connectivity index (χ4v) is 2.94. The standard InChI is InChI=1S/C18H23N3O5/c1-3-12(2)20-7-6-17(23)21(18(20)24)10-16(22)19-9-13-4-5-14-15(8-13)26-11-25-14/h4-5,8,12H,3,6-7,9-11H2,1-2H3,(H,19,22)/t12-/m1/s1. The van der Waals surface area contributed by atoms with Gasteiger partial charge in [0.05, 0.1) is 0 Å². The number of hydrogen-bond acceptors (Lipinski definition) is 5. The molecule has 2 aliphatic rings. The Hall–Kier alpha value is -2.77. The van der Waals surface area contributed by atoms with E-state index in [2.05, 4.69) is 5.32 Å². The minimum absolute atomic E-state index is 0.0368. The molecule has 1 aromatic rings. The first kappa shape index (κ1) is 18.0. The van der Waals surface area contributed by atoms with E-state index >= 15 is 0 Å². The van der Waals surface area contributed by atoms with Crippen LogP contribution in [0.4, 0.5) is 4.79 Å². The van der Waals surface area contributed by atoms with Crippen molar-refractivity contribution in [3.8, 4) is 11.5 Å². The number of carbonyl (C=O) groups is 3. The Balaban J connectivity index is 1.56. The number of carbonyl (C=O) groups excluding carboxylic acids is 3. The van der Waals surface area contributed by atoms with Crippen LogP contribution in [-0.4, -0.2) is 53.6 Å². The molecule has 0 bridgehead atoms. The quantitative estimate of drug-likeness (QED) is 0.829. The molecule has 1 atom stereocenters. The Kier molecular flexibility index (Phi) is 5.29. The van der Waals surface area contributed by atoms with Crippen LogP contribution in [0.15, 0.2) is 18.2 Å². The van der Waals surface area contributed by atoms with Crippen LogP contribution >= 0.6 is 0 Å². The van der Waals surface area contributed by atoms with Crippen LogP contribution in [0.25, 0.3) is 0 Å². The van der Waals surface area contributed by atoms with Crippen molar-refractivity contribution in [1.29, 1.82) is 0 Å². The molecule has 0 aromatic heterocycles. The third-order valence-corrected chi connectivity index (χ3v) is 4.70. The van der Waals surface area contributed by atoms with E-state index in [1.807, 2.05) is 19.9 Å². The highest BCUT2D eigenvalue weighted by Crippen LogP contribution is 2.32. The summed E-state index contributed by atoms with van der Waals surface area (Å²) in [5.41, 5.74) is 0.847. The summed E-state index contributed by atoms with van der Waals surface area (Å²) in [4.78, 5) is 39.5. The van der Waals surface area contributed by atoms with Crippen molar-refractivity contribution in [3.05, 3.63) is 23.8 Å². The Morgan fingerprint density at radius 1 is 1.27 bits per heavy atom. The molecular weight excluding hydrogens is 338 g/mol. The number of fused-ring (bicyclic) bond motifs is 1. The molecule has 140 valence electrons. The molecular formula is C18H23N3O5. The Morgan fingerprint density at radius 2 is 2.04 bits per heavy atom. The zero-order valence-electron chi connectivity index (χ0n) is 15.0. The third kappa shape index (κ3) is 3.74. The van der Waals surface area contributed by atoms with Crippen molar-refractivity contribution in [2.45, 2.75) is 39.3 Å². The van der Waals surface area contributed by atoms with Crippen LogP contribution < -0.4 is 14.8 Å². The van der Waals surface area contributed by atoms with E-state index in [1.165, 1.54) is 0 Å². The number of rotatable bonds is 6. The summed E-state index contributed by atoms with van der Waals surface area (Å²) in [5.74, 6) is 0.625. The highest BCUT2D eigenvalue weighted by molar-refractivity contribution is 6.00. The monoisotopic (exact) mass is 361 g/mol. The van der Waals surface area contributed by atoms with Gasteiger partial charge in [0.1, 0.15) is 6.54 Å². The second-order valence-electron chi connectivity index (χ2n) is 6.43. The molecule has 2 heterocycles. The summed E-state index contributed by atoms with van der Waals surface area (Å²) in [6, 6.07) is 5.05. The first-order valence-corrected chi connectivity index (χ1v) is 8.75. The molecule has 0 unspecified atom stereocenters. The number of hydrogen-bond donors (Lipinski definition) is 1. The van der Waals surface area contributed by atoms with Crippen molar-refractivity contribution in [3.63, 3.8) is 0 Å². The smallest absolute Gasteiger partial charge is 0.327 e. The predicted molar refractivity (Wildman–Crippen MR) is 92.6 cm³/mol. The minimum atomic E-state index is -0.395. The number of urea groups is 1. The van der Waals surface area contributed by atoms with Gasteiger partial charge in [0.2, 0.25) is 18.6 Å². The van der Waals surface area contributed by atoms with Crippen LogP contribution in [0.2, 0.25) is 0 Å². The van der Waals surface area contributed by atoms with Gasteiger partial charge in [0.15, 0.2) is 11.5 Å². The first-order chi connectivity index (χ1) is 12.5. The van der Waals surface area contributed by atoms with Gasteiger partial charge in [-0.1, -0.05) is 13.0 Å². The lowest BCUT2D eigenvalue weighted by atomic mass is 10.1. The molecule has 1 saturated heterocycles. The fourth-order valence-electron chi connectivity index (χ4n) is 2.94. The second-order valence-corrected chi connectivity index (χ2v) is 6.43. The van der Waals surface area contributed by atoms with Crippen molar-refractivity contribution >= 4 is 17.8 Å². The normalized spacial score (nSPS) is 17.5. The van der Waals surface area contributed by atoms with Gasteiger partial charge in [-0.15, -0.1) is 0 Å². The van der Waals surface area contributed by atoms with Crippen molar-refractivity contribution in [2.75, 3.05) is 19.9 Å². The number of ether oxygens (including phenoxy) is 2. The molecule has 3 rings (SSSR count). The molecule has 8 heteroatoms. The van der Waals surface area contributed by atoms with Crippen LogP contribution in [0.1, 0.15) is 32.3 Å². The van der Waals surface area contributed by atoms with Crippen molar-refractivity contribution in [1.82, 2.24) is 15.1 Å². The Morgan fingerprint density at radius 3 is 2.81 bits per heavy atom. The average molecular weight is 361 g/mol. The second kappa shape index (κ2) is 7.63. The van der Waals surface area contributed by atoms with Gasteiger partial charge in [-0.25, -0.2) is 4.79 Å². The van der Waals surface area contributed by atoms with Crippen LogP contribution in [-0.2, 0) is 16.1 Å². The van der Waals surface area contributed by atoms with Crippen LogP contribution in [0.5, 0.6) is 11.5 Å². The summed E-state index contributed by atoms with van der Waals surface area (Å²) < 4.78 is 10.5. The average Bonchev–Trinajstić information content (AvgIpc) is 3.10. The molecule has 1 aromatic carbocycles. The molecule has 1 N–H and O–H groups in total. The zero-order valence-corrected chi connectivity index (χ0v) is 15.0. The Labute approximate surface area is 152 Å². The van der Waals surface area contributed by atoms with E-state index < -0.39 is 6.03 Å². The molecule has 26 heavy (non-hydrogen) atoms. The van der Waals surface area contributed by atoms with E-state index in [0.29, 0.717) is 18.0 Å². The number of imide groups is 1. The van der Waals surface area contributed by atoms with Crippen LogP contribution in [0.3, 0.4) is 0 Å². The zero-order chi connectivity index (χ0) is 18.7. The summed E-state index contributed by atoms with van der Waals surface area (Å²) in [5, 5.41) is 2.74. The largest absolute Gasteiger partial charge is 0.454 e. The number of nitrogens with zero attached hydrogens (tertiary/aromatic N) is 2. The lowest BCUT2D eigenvalue weighted by Crippen LogP contribution is -2.57. The van der Waals surface area contributed by atoms with Gasteiger partial charge in [-0.2, -0.15) is 0 Å². The Bertz CT molecular complexity index is 721. The SMILES string of the molecule is CC[C@@H](C)N1CCC(=O)N(CC(=O)NCc2ccc3c(c2)OCO3)C1=O. The van der Waals surface area contributed by atoms with E-state index in [9.17, 15) is 14.4 Å². The first-order valence-electron chi connectivity index (χ1n) is 8.75. The predicted octanol–water partition coefficient (Wildman–Crippen LogP) is 1.48. The minimum Gasteiger partial charge on any atom is -0.454 e. The third-order valence-electron chi connectivity index (χ3n) is 4.70. The molecule has 1 fully saturated rings. The molecule has 0 radical (unpaired) electrons. The summed E-state index contributed by atoms with van der Waals surface area (Å²) in [6.07, 6.45) is 1.04. The molecule has 0 spiro atoms. The number of benzene rings is 1. The number of amides is 4. The highest BCUT2D eigenvalue weighted by atomic mass is 16.7. The van der Waals surface area contributed by atoms with Gasteiger partial charge in [0, 0.05) is 25.6 Å². The van der Waals surface area contributed by atoms with Gasteiger partial charge in [0.25, 0.3) is 0 Å². The van der Waals surface area contributed by atoms with Gasteiger partial charge in [-0.3, -0.25) is 14.5 Å². The number of nitrogens with one attached hydrogen (secondary N) is 1. The summed E-state index contributed by atoms with van der Waals surface area (Å²) in [6.45, 7) is 4.53. The maximum absolute atomic E-state index is 12.5. The maximum Gasteiger partial charge on any atom is 0.327 e. The summed E-state index contributed by atoms with van der Waals surface area (Å²) >= 11 is 0. The highest BCUT2D eigenvalue weighted by Gasteiger charge is 2.34. The van der Waals surface area contributed by atoms with E-state index in [0.717, 1.165) is 16.9 Å². The lowest BCUT2D eigenvalue weighted by Gasteiger charge is -2.37. The van der Waals surface area contributed by atoms with E-state index in [-0.39, 0.29) is 44.2 Å². The van der Waals surface area contributed by atoms with E-state index in [4.69, 9.17) is 9.47 Å². The molecule has 8 nitrogen and oxygen atoms in total. The van der Waals surface area contributed by atoms with E-state index in [1.54, 1.807) is 17.0 Å². The molecule has 0 saturated carbocycles. The molecule has 4 amide bonds. The van der Waals surface area contributed by atoms with Crippen molar-refractivity contribution < 1.29 is 23.9 Å². The van der Waals surface area contributed by atoms with Gasteiger partial charge >= 0.3 is 6.03 Å². The summed E-state index contributed by atoms with van der Waals surface area (Å²) in [7, 11) is 0. The van der Waals surface area contributed by atoms with Gasteiger partial charge in [-0.05, 0) is 31.0 Å². The molecule has 2 aliphatic heterocycles.